The van der Waals surface area contributed by atoms with Gasteiger partial charge >= 0.3 is 0 Å². The first-order valence-corrected chi connectivity index (χ1v) is 9.36. The van der Waals surface area contributed by atoms with Gasteiger partial charge in [0.15, 0.2) is 0 Å². The van der Waals surface area contributed by atoms with E-state index in [1.54, 1.807) is 22.8 Å². The van der Waals surface area contributed by atoms with E-state index in [9.17, 15) is 4.79 Å². The maximum Gasteiger partial charge on any atom is 0.255 e. The van der Waals surface area contributed by atoms with Gasteiger partial charge < -0.3 is 15.4 Å². The SMILES string of the molecule is Cc1cc(Nc2ncnc3ccc(NC=O)cc23)ccc1Oc1ccn2ncnc2n1. The van der Waals surface area contributed by atoms with E-state index in [0.29, 0.717) is 35.3 Å². The molecule has 0 aliphatic carbocycles. The third-order valence-corrected chi connectivity index (χ3v) is 4.64. The van der Waals surface area contributed by atoms with E-state index in [-0.39, 0.29) is 0 Å². The summed E-state index contributed by atoms with van der Waals surface area (Å²) in [6.07, 6.45) is 5.31. The largest absolute Gasteiger partial charge is 0.439 e. The maximum absolute atomic E-state index is 10.8. The molecule has 0 fully saturated rings. The van der Waals surface area contributed by atoms with Gasteiger partial charge in [0.2, 0.25) is 12.3 Å². The minimum Gasteiger partial charge on any atom is -0.439 e. The van der Waals surface area contributed by atoms with Crippen molar-refractivity contribution in [2.24, 2.45) is 0 Å². The Morgan fingerprint density at radius 3 is 2.77 bits per heavy atom. The minimum atomic E-state index is 0.432. The van der Waals surface area contributed by atoms with Crippen molar-refractivity contribution in [2.45, 2.75) is 6.92 Å². The van der Waals surface area contributed by atoms with Crippen LogP contribution in [0.5, 0.6) is 11.6 Å². The van der Waals surface area contributed by atoms with Gasteiger partial charge in [-0.05, 0) is 48.9 Å². The average Bonchev–Trinajstić information content (AvgIpc) is 3.24. The summed E-state index contributed by atoms with van der Waals surface area (Å²) in [6, 6.07) is 12.9. The molecule has 10 heteroatoms. The number of benzene rings is 2. The molecule has 0 spiro atoms. The van der Waals surface area contributed by atoms with Crippen molar-refractivity contribution in [2.75, 3.05) is 10.6 Å². The Morgan fingerprint density at radius 1 is 1.00 bits per heavy atom. The predicted octanol–water partition coefficient (Wildman–Crippen LogP) is 3.48. The van der Waals surface area contributed by atoms with Gasteiger partial charge in [-0.2, -0.15) is 15.1 Å². The molecule has 0 saturated carbocycles. The zero-order valence-corrected chi connectivity index (χ0v) is 16.4. The number of nitrogens with one attached hydrogen (secondary N) is 2. The molecule has 152 valence electrons. The number of aryl methyl sites for hydroxylation is 1. The Labute approximate surface area is 176 Å². The monoisotopic (exact) mass is 412 g/mol. The summed E-state index contributed by atoms with van der Waals surface area (Å²) in [7, 11) is 0. The normalized spacial score (nSPS) is 10.9. The molecule has 31 heavy (non-hydrogen) atoms. The van der Waals surface area contributed by atoms with Crippen molar-refractivity contribution in [1.82, 2.24) is 29.5 Å². The number of nitrogens with zero attached hydrogens (tertiary/aromatic N) is 6. The molecule has 2 N–H and O–H groups in total. The Morgan fingerprint density at radius 2 is 1.90 bits per heavy atom. The lowest BCUT2D eigenvalue weighted by molar-refractivity contribution is -0.105. The number of ether oxygens (including phenoxy) is 1. The third kappa shape index (κ3) is 3.69. The molecular formula is C21H16N8O2. The van der Waals surface area contributed by atoms with Crippen molar-refractivity contribution in [1.29, 1.82) is 0 Å². The summed E-state index contributed by atoms with van der Waals surface area (Å²) in [5.41, 5.74) is 3.17. The lowest BCUT2D eigenvalue weighted by Crippen LogP contribution is -1.99. The van der Waals surface area contributed by atoms with Crippen molar-refractivity contribution >= 4 is 40.3 Å². The predicted molar refractivity (Wildman–Crippen MR) is 115 cm³/mol. The van der Waals surface area contributed by atoms with Crippen LogP contribution < -0.4 is 15.4 Å². The van der Waals surface area contributed by atoms with Crippen molar-refractivity contribution in [3.8, 4) is 11.6 Å². The number of hydrogen-bond acceptors (Lipinski definition) is 8. The molecule has 0 atom stereocenters. The molecule has 0 radical (unpaired) electrons. The summed E-state index contributed by atoms with van der Waals surface area (Å²) >= 11 is 0. The van der Waals surface area contributed by atoms with Crippen LogP contribution in [-0.2, 0) is 4.79 Å². The Balaban J connectivity index is 1.41. The van der Waals surface area contributed by atoms with Crippen LogP contribution in [0, 0.1) is 6.92 Å². The van der Waals surface area contributed by atoms with Gasteiger partial charge in [-0.15, -0.1) is 0 Å². The molecule has 1 amide bonds. The highest BCUT2D eigenvalue weighted by Crippen LogP contribution is 2.30. The number of anilines is 3. The second kappa shape index (κ2) is 7.67. The van der Waals surface area contributed by atoms with E-state index in [1.165, 1.54) is 12.7 Å². The van der Waals surface area contributed by atoms with Gasteiger partial charge in [-0.3, -0.25) is 4.79 Å². The molecule has 0 saturated heterocycles. The van der Waals surface area contributed by atoms with Gasteiger partial charge in [0.05, 0.1) is 5.52 Å². The summed E-state index contributed by atoms with van der Waals surface area (Å²) in [4.78, 5) is 27.8. The molecule has 0 unspecified atom stereocenters. The van der Waals surface area contributed by atoms with Crippen molar-refractivity contribution in [3.05, 3.63) is 66.9 Å². The number of hydrogen-bond donors (Lipinski definition) is 2. The first-order valence-electron chi connectivity index (χ1n) is 9.36. The first-order chi connectivity index (χ1) is 15.2. The number of rotatable bonds is 6. The topological polar surface area (TPSA) is 119 Å². The Kier molecular flexibility index (Phi) is 4.56. The average molecular weight is 412 g/mol. The standard InChI is InChI=1S/C21H16N8O2/c1-13-8-15(3-5-18(13)31-19-6-7-29-21(28-19)24-11-26-29)27-20-16-9-14(25-12-30)2-4-17(16)22-10-23-20/h2-12H,1H3,(H,25,30)(H,22,23,27). The minimum absolute atomic E-state index is 0.432. The quantitative estimate of drug-likeness (QED) is 0.407. The van der Waals surface area contributed by atoms with Crippen LogP contribution in [0.25, 0.3) is 16.7 Å². The van der Waals surface area contributed by atoms with Crippen molar-refractivity contribution < 1.29 is 9.53 Å². The molecule has 0 aliphatic rings. The smallest absolute Gasteiger partial charge is 0.255 e. The molecule has 0 aliphatic heterocycles. The molecule has 5 rings (SSSR count). The van der Waals surface area contributed by atoms with E-state index in [2.05, 4.69) is 35.7 Å². The van der Waals surface area contributed by atoms with Gasteiger partial charge in [-0.1, -0.05) is 0 Å². The Hall–Kier alpha value is -4.60. The van der Waals surface area contributed by atoms with E-state index in [0.717, 1.165) is 22.2 Å². The number of fused-ring (bicyclic) bond motifs is 2. The highest BCUT2D eigenvalue weighted by molar-refractivity contribution is 5.94. The van der Waals surface area contributed by atoms with Crippen LogP contribution in [0.3, 0.4) is 0 Å². The third-order valence-electron chi connectivity index (χ3n) is 4.64. The zero-order chi connectivity index (χ0) is 21.2. The summed E-state index contributed by atoms with van der Waals surface area (Å²) in [6.45, 7) is 1.94. The molecule has 3 aromatic heterocycles. The molecular weight excluding hydrogens is 396 g/mol. The number of amides is 1. The van der Waals surface area contributed by atoms with Crippen LogP contribution in [0.2, 0.25) is 0 Å². The number of carbonyl (C=O) groups is 1. The van der Waals surface area contributed by atoms with E-state index in [1.807, 2.05) is 37.3 Å². The fraction of sp³-hybridized carbons (Fsp3) is 0.0476. The van der Waals surface area contributed by atoms with E-state index in [4.69, 9.17) is 4.74 Å². The molecule has 3 heterocycles. The lowest BCUT2D eigenvalue weighted by atomic mass is 10.1. The number of carbonyl (C=O) groups excluding carboxylic acids is 1. The van der Waals surface area contributed by atoms with Crippen LogP contribution >= 0.6 is 0 Å². The molecule has 0 bridgehead atoms. The van der Waals surface area contributed by atoms with Crippen LogP contribution in [0.4, 0.5) is 17.2 Å². The summed E-state index contributed by atoms with van der Waals surface area (Å²) < 4.78 is 7.48. The molecule has 5 aromatic rings. The second-order valence-corrected chi connectivity index (χ2v) is 6.69. The van der Waals surface area contributed by atoms with Gasteiger partial charge in [-0.25, -0.2) is 14.5 Å². The molecule has 2 aromatic carbocycles. The summed E-state index contributed by atoms with van der Waals surface area (Å²) in [5.74, 6) is 2.20. The molecule has 10 nitrogen and oxygen atoms in total. The second-order valence-electron chi connectivity index (χ2n) is 6.69. The maximum atomic E-state index is 10.8. The number of aromatic nitrogens is 6. The highest BCUT2D eigenvalue weighted by Gasteiger charge is 2.09. The van der Waals surface area contributed by atoms with Gasteiger partial charge in [0.1, 0.15) is 24.2 Å². The van der Waals surface area contributed by atoms with E-state index < -0.39 is 0 Å². The van der Waals surface area contributed by atoms with Crippen LogP contribution in [0.15, 0.2) is 61.3 Å². The Bertz CT molecular complexity index is 1420. The fourth-order valence-corrected chi connectivity index (χ4v) is 3.16. The first kappa shape index (κ1) is 18.4. The van der Waals surface area contributed by atoms with Crippen LogP contribution in [-0.4, -0.2) is 36.0 Å². The van der Waals surface area contributed by atoms with Gasteiger partial charge in [0, 0.05) is 29.0 Å². The van der Waals surface area contributed by atoms with Gasteiger partial charge in [0.25, 0.3) is 5.78 Å². The van der Waals surface area contributed by atoms with Crippen molar-refractivity contribution in [3.63, 3.8) is 0 Å². The summed E-state index contributed by atoms with van der Waals surface area (Å²) in [5, 5.41) is 10.8. The van der Waals surface area contributed by atoms with E-state index >= 15 is 0 Å². The highest BCUT2D eigenvalue weighted by atomic mass is 16.5. The zero-order valence-electron chi connectivity index (χ0n) is 16.4. The van der Waals surface area contributed by atoms with Crippen LogP contribution in [0.1, 0.15) is 5.56 Å². The lowest BCUT2D eigenvalue weighted by Gasteiger charge is -2.12. The fourth-order valence-electron chi connectivity index (χ4n) is 3.16.